The van der Waals surface area contributed by atoms with Crippen LogP contribution in [0.5, 0.6) is 0 Å². The topological polar surface area (TPSA) is 118 Å². The van der Waals surface area contributed by atoms with Crippen LogP contribution in [-0.2, 0) is 21.2 Å². The van der Waals surface area contributed by atoms with Crippen LogP contribution >= 0.6 is 11.8 Å². The second-order valence-electron chi connectivity index (χ2n) is 6.94. The number of aliphatic imine (C=N–C) groups is 1. The third-order valence-corrected chi connectivity index (χ3v) is 7.93. The number of benzene rings is 1. The second-order valence-corrected chi connectivity index (χ2v) is 10.2. The van der Waals surface area contributed by atoms with E-state index >= 15 is 0 Å². The van der Waals surface area contributed by atoms with Crippen molar-refractivity contribution in [2.45, 2.75) is 29.2 Å². The lowest BCUT2D eigenvalue weighted by Gasteiger charge is -2.22. The van der Waals surface area contributed by atoms with Crippen LogP contribution in [0.25, 0.3) is 0 Å². The van der Waals surface area contributed by atoms with E-state index in [1.54, 1.807) is 30.0 Å². The fourth-order valence-corrected chi connectivity index (χ4v) is 5.84. The highest BCUT2D eigenvalue weighted by molar-refractivity contribution is 8.15. The van der Waals surface area contributed by atoms with Crippen LogP contribution < -0.4 is 15.4 Å². The van der Waals surface area contributed by atoms with Gasteiger partial charge in [-0.05, 0) is 23.8 Å². The molecule has 0 spiro atoms. The lowest BCUT2D eigenvalue weighted by atomic mass is 10.1. The summed E-state index contributed by atoms with van der Waals surface area (Å²) in [6.45, 7) is 0.568. The normalized spacial score (nSPS) is 20.7. The third kappa shape index (κ3) is 3.82. The summed E-state index contributed by atoms with van der Waals surface area (Å²) in [5.74, 6) is -0.328. The molecule has 4 rings (SSSR count). The Bertz CT molecular complexity index is 1070. The number of carbonyl (C=O) groups excluding carboxylic acids is 1. The molecule has 0 fully saturated rings. The van der Waals surface area contributed by atoms with Crippen LogP contribution in [-0.4, -0.2) is 49.2 Å². The van der Waals surface area contributed by atoms with Crippen LogP contribution in [0.4, 0.5) is 11.4 Å². The number of pyridine rings is 1. The quantitative estimate of drug-likeness (QED) is 0.718. The van der Waals surface area contributed by atoms with Crippen molar-refractivity contribution in [1.29, 1.82) is 0 Å². The van der Waals surface area contributed by atoms with E-state index in [0.717, 1.165) is 16.3 Å². The standard InChI is InChI=1S/C19H21N5O3S2/c1-24(29(26,27)17-7-2-3-8-21-17)15-6-4-5-12-9-14(23-18(12)15)19-22-11-13(28-19)10-16(20)25/h2-8,13-14,23H,9-11H2,1H3,(H2,20,25). The largest absolute Gasteiger partial charge is 0.374 e. The molecule has 2 aliphatic rings. The molecule has 0 saturated carbocycles. The molecular weight excluding hydrogens is 410 g/mol. The van der Waals surface area contributed by atoms with Crippen LogP contribution in [0.15, 0.2) is 52.6 Å². The smallest absolute Gasteiger partial charge is 0.281 e. The summed E-state index contributed by atoms with van der Waals surface area (Å²) in [4.78, 5) is 19.7. The first kappa shape index (κ1) is 19.7. The summed E-state index contributed by atoms with van der Waals surface area (Å²) in [5, 5.41) is 4.42. The number of thioether (sulfide) groups is 1. The monoisotopic (exact) mass is 431 g/mol. The van der Waals surface area contributed by atoms with Gasteiger partial charge in [0.15, 0.2) is 5.03 Å². The van der Waals surface area contributed by atoms with Crippen molar-refractivity contribution in [1.82, 2.24) is 4.98 Å². The van der Waals surface area contributed by atoms with Crippen LogP contribution in [0, 0.1) is 0 Å². The predicted octanol–water partition coefficient (Wildman–Crippen LogP) is 1.63. The second kappa shape index (κ2) is 7.68. The summed E-state index contributed by atoms with van der Waals surface area (Å²) in [5.41, 5.74) is 7.66. The number of fused-ring (bicyclic) bond motifs is 1. The fourth-order valence-electron chi connectivity index (χ4n) is 3.51. The highest BCUT2D eigenvalue weighted by Crippen LogP contribution is 2.39. The number of anilines is 2. The van der Waals surface area contributed by atoms with Crippen molar-refractivity contribution in [3.05, 3.63) is 48.2 Å². The van der Waals surface area contributed by atoms with Crippen LogP contribution in [0.3, 0.4) is 0 Å². The predicted molar refractivity (Wildman–Crippen MR) is 115 cm³/mol. The summed E-state index contributed by atoms with van der Waals surface area (Å²) >= 11 is 1.57. The lowest BCUT2D eigenvalue weighted by Crippen LogP contribution is -2.29. The molecule has 2 aromatic rings. The lowest BCUT2D eigenvalue weighted by molar-refractivity contribution is -0.117. The summed E-state index contributed by atoms with van der Waals surface area (Å²) in [6, 6.07) is 10.4. The molecule has 2 aliphatic heterocycles. The Kier molecular flexibility index (Phi) is 5.22. The third-order valence-electron chi connectivity index (χ3n) is 4.94. The number of hydrogen-bond donors (Lipinski definition) is 2. The average Bonchev–Trinajstić information content (AvgIpc) is 3.34. The molecule has 0 saturated heterocycles. The molecule has 2 atom stereocenters. The van der Waals surface area contributed by atoms with E-state index < -0.39 is 10.0 Å². The number of aromatic nitrogens is 1. The molecule has 2 unspecified atom stereocenters. The first-order valence-electron chi connectivity index (χ1n) is 9.14. The minimum absolute atomic E-state index is 0.000308. The van der Waals surface area contributed by atoms with Gasteiger partial charge in [-0.3, -0.25) is 14.1 Å². The van der Waals surface area contributed by atoms with E-state index in [-0.39, 0.29) is 22.2 Å². The molecule has 1 amide bonds. The highest BCUT2D eigenvalue weighted by Gasteiger charge is 2.34. The Morgan fingerprint density at radius 1 is 1.31 bits per heavy atom. The van der Waals surface area contributed by atoms with Gasteiger partial charge in [0, 0.05) is 31.3 Å². The zero-order valence-corrected chi connectivity index (χ0v) is 17.4. The average molecular weight is 432 g/mol. The Labute approximate surface area is 173 Å². The number of nitrogens with one attached hydrogen (secondary N) is 1. The number of rotatable bonds is 6. The molecule has 3 N–H and O–H groups in total. The van der Waals surface area contributed by atoms with Crippen molar-refractivity contribution < 1.29 is 13.2 Å². The molecule has 0 aliphatic carbocycles. The van der Waals surface area contributed by atoms with E-state index in [0.29, 0.717) is 25.1 Å². The SMILES string of the molecule is CN(c1cccc2c1NC(C1=NCC(CC(N)=O)S1)C2)S(=O)(=O)c1ccccn1. The zero-order valence-electron chi connectivity index (χ0n) is 15.8. The van der Waals surface area contributed by atoms with Gasteiger partial charge in [-0.15, -0.1) is 11.8 Å². The molecular formula is C19H21N5O3S2. The van der Waals surface area contributed by atoms with E-state index in [2.05, 4.69) is 15.3 Å². The fraction of sp³-hybridized carbons (Fsp3) is 0.316. The number of para-hydroxylation sites is 1. The first-order valence-corrected chi connectivity index (χ1v) is 11.5. The molecule has 10 heteroatoms. The summed E-state index contributed by atoms with van der Waals surface area (Å²) in [6.07, 6.45) is 2.46. The summed E-state index contributed by atoms with van der Waals surface area (Å²) in [7, 11) is -2.25. The van der Waals surface area contributed by atoms with Gasteiger partial charge in [-0.2, -0.15) is 8.42 Å². The van der Waals surface area contributed by atoms with Gasteiger partial charge in [0.25, 0.3) is 10.0 Å². The number of nitrogens with two attached hydrogens (primary N) is 1. The number of carbonyl (C=O) groups is 1. The van der Waals surface area contributed by atoms with E-state index in [1.165, 1.54) is 23.6 Å². The number of hydrogen-bond acceptors (Lipinski definition) is 7. The zero-order chi connectivity index (χ0) is 20.6. The van der Waals surface area contributed by atoms with Gasteiger partial charge < -0.3 is 11.1 Å². The van der Waals surface area contributed by atoms with Crippen molar-refractivity contribution in [3.8, 4) is 0 Å². The van der Waals surface area contributed by atoms with E-state index in [9.17, 15) is 13.2 Å². The van der Waals surface area contributed by atoms with Gasteiger partial charge in [-0.1, -0.05) is 18.2 Å². The molecule has 1 aromatic carbocycles. The number of nitrogens with zero attached hydrogens (tertiary/aromatic N) is 3. The minimum Gasteiger partial charge on any atom is -0.374 e. The van der Waals surface area contributed by atoms with Gasteiger partial charge in [-0.25, -0.2) is 4.98 Å². The van der Waals surface area contributed by atoms with Gasteiger partial charge in [0.1, 0.15) is 0 Å². The van der Waals surface area contributed by atoms with Crippen molar-refractivity contribution in [2.24, 2.45) is 10.7 Å². The van der Waals surface area contributed by atoms with E-state index in [4.69, 9.17) is 5.73 Å². The number of sulfonamides is 1. The Balaban J connectivity index is 1.56. The van der Waals surface area contributed by atoms with Gasteiger partial charge in [0.2, 0.25) is 5.91 Å². The van der Waals surface area contributed by atoms with Crippen LogP contribution in [0.2, 0.25) is 0 Å². The Hall–Kier alpha value is -2.59. The number of primary amides is 1. The highest BCUT2D eigenvalue weighted by atomic mass is 32.2. The van der Waals surface area contributed by atoms with Crippen molar-refractivity contribution in [3.63, 3.8) is 0 Å². The molecule has 29 heavy (non-hydrogen) atoms. The van der Waals surface area contributed by atoms with Crippen molar-refractivity contribution in [2.75, 3.05) is 23.2 Å². The molecule has 0 bridgehead atoms. The number of amides is 1. The molecule has 0 radical (unpaired) electrons. The van der Waals surface area contributed by atoms with E-state index in [1.807, 2.05) is 12.1 Å². The molecule has 152 valence electrons. The minimum atomic E-state index is -3.78. The van der Waals surface area contributed by atoms with Crippen LogP contribution in [0.1, 0.15) is 12.0 Å². The Morgan fingerprint density at radius 2 is 2.14 bits per heavy atom. The summed E-state index contributed by atoms with van der Waals surface area (Å²) < 4.78 is 27.2. The van der Waals surface area contributed by atoms with Gasteiger partial charge in [0.05, 0.1) is 29.0 Å². The molecule has 3 heterocycles. The van der Waals surface area contributed by atoms with Crippen molar-refractivity contribution >= 4 is 44.1 Å². The molecule has 1 aromatic heterocycles. The molecule has 8 nitrogen and oxygen atoms in total. The maximum absolute atomic E-state index is 13.0. The first-order chi connectivity index (χ1) is 13.9. The maximum atomic E-state index is 13.0. The van der Waals surface area contributed by atoms with Gasteiger partial charge >= 0.3 is 0 Å². The Morgan fingerprint density at radius 3 is 2.86 bits per heavy atom. The maximum Gasteiger partial charge on any atom is 0.281 e.